The Labute approximate surface area is 136 Å². The van der Waals surface area contributed by atoms with Gasteiger partial charge in [0.2, 0.25) is 0 Å². The predicted molar refractivity (Wildman–Crippen MR) is 92.0 cm³/mol. The maximum Gasteiger partial charge on any atom is 0.169 e. The SMILES string of the molecule is COc1ccc(CNC(=S)N2CCn3cccc3[C@@H]2C)cc1. The Morgan fingerprint density at radius 3 is 2.77 bits per heavy atom. The summed E-state index contributed by atoms with van der Waals surface area (Å²) < 4.78 is 7.47. The zero-order chi connectivity index (χ0) is 15.5. The van der Waals surface area contributed by atoms with Crippen molar-refractivity contribution in [1.29, 1.82) is 0 Å². The molecule has 0 radical (unpaired) electrons. The summed E-state index contributed by atoms with van der Waals surface area (Å²) in [5.74, 6) is 0.872. The van der Waals surface area contributed by atoms with Crippen LogP contribution in [0.15, 0.2) is 42.6 Å². The van der Waals surface area contributed by atoms with Crippen LogP contribution in [0.2, 0.25) is 0 Å². The van der Waals surface area contributed by atoms with Crippen molar-refractivity contribution in [2.75, 3.05) is 13.7 Å². The van der Waals surface area contributed by atoms with Gasteiger partial charge >= 0.3 is 0 Å². The highest BCUT2D eigenvalue weighted by Crippen LogP contribution is 2.25. The lowest BCUT2D eigenvalue weighted by atomic mass is 10.1. The summed E-state index contributed by atoms with van der Waals surface area (Å²) in [5.41, 5.74) is 2.51. The molecule has 0 amide bonds. The van der Waals surface area contributed by atoms with E-state index in [9.17, 15) is 0 Å². The number of methoxy groups -OCH3 is 1. The number of rotatable bonds is 3. The fraction of sp³-hybridized carbons (Fsp3) is 0.353. The Morgan fingerprint density at radius 2 is 2.05 bits per heavy atom. The average molecular weight is 315 g/mol. The zero-order valence-corrected chi connectivity index (χ0v) is 13.8. The van der Waals surface area contributed by atoms with Gasteiger partial charge in [-0.2, -0.15) is 0 Å². The fourth-order valence-electron chi connectivity index (χ4n) is 2.88. The molecule has 1 aliphatic heterocycles. The van der Waals surface area contributed by atoms with Crippen LogP contribution in [0.3, 0.4) is 0 Å². The number of thiocarbonyl (C=S) groups is 1. The first-order valence-electron chi connectivity index (χ1n) is 7.51. The van der Waals surface area contributed by atoms with Crippen molar-refractivity contribution in [3.63, 3.8) is 0 Å². The smallest absolute Gasteiger partial charge is 0.169 e. The normalized spacial score (nSPS) is 17.0. The lowest BCUT2D eigenvalue weighted by molar-refractivity contribution is 0.269. The Kier molecular flexibility index (Phi) is 4.34. The molecule has 1 aliphatic rings. The van der Waals surface area contributed by atoms with E-state index >= 15 is 0 Å². The van der Waals surface area contributed by atoms with Gasteiger partial charge in [0, 0.05) is 31.5 Å². The van der Waals surface area contributed by atoms with Gasteiger partial charge in [-0.3, -0.25) is 0 Å². The Hall–Kier alpha value is -2.01. The molecule has 0 saturated carbocycles. The third-order valence-electron chi connectivity index (χ3n) is 4.21. The van der Waals surface area contributed by atoms with Gasteiger partial charge in [-0.25, -0.2) is 0 Å². The Balaban J connectivity index is 1.60. The summed E-state index contributed by atoms with van der Waals surface area (Å²) >= 11 is 5.58. The molecule has 0 bridgehead atoms. The van der Waals surface area contributed by atoms with E-state index in [2.05, 4.69) is 52.2 Å². The first kappa shape index (κ1) is 14.9. The summed E-state index contributed by atoms with van der Waals surface area (Å²) in [6, 6.07) is 12.6. The molecule has 1 atom stereocenters. The lowest BCUT2D eigenvalue weighted by Crippen LogP contribution is -2.45. The van der Waals surface area contributed by atoms with E-state index in [1.165, 1.54) is 11.3 Å². The van der Waals surface area contributed by atoms with Crippen LogP contribution in [0.5, 0.6) is 5.75 Å². The molecule has 0 fully saturated rings. The molecule has 3 rings (SSSR count). The molecule has 4 nitrogen and oxygen atoms in total. The van der Waals surface area contributed by atoms with Gasteiger partial charge in [-0.15, -0.1) is 0 Å². The third-order valence-corrected chi connectivity index (χ3v) is 4.58. The first-order chi connectivity index (χ1) is 10.7. The largest absolute Gasteiger partial charge is 0.497 e. The van der Waals surface area contributed by atoms with E-state index in [0.717, 1.165) is 30.5 Å². The molecule has 0 spiro atoms. The number of nitrogens with one attached hydrogen (secondary N) is 1. The van der Waals surface area contributed by atoms with Gasteiger partial charge in [0.1, 0.15) is 5.75 Å². The second-order valence-electron chi connectivity index (χ2n) is 5.50. The summed E-state index contributed by atoms with van der Waals surface area (Å²) in [6.07, 6.45) is 2.14. The quantitative estimate of drug-likeness (QED) is 0.882. The van der Waals surface area contributed by atoms with Crippen LogP contribution in [0, 0.1) is 0 Å². The van der Waals surface area contributed by atoms with E-state index in [0.29, 0.717) is 6.04 Å². The Bertz CT molecular complexity index is 650. The molecular formula is C17H21N3OS. The minimum absolute atomic E-state index is 0.305. The van der Waals surface area contributed by atoms with E-state index in [1.807, 2.05) is 12.1 Å². The van der Waals surface area contributed by atoms with Crippen molar-refractivity contribution >= 4 is 17.3 Å². The van der Waals surface area contributed by atoms with Crippen molar-refractivity contribution in [1.82, 2.24) is 14.8 Å². The molecule has 2 aromatic rings. The van der Waals surface area contributed by atoms with Crippen LogP contribution in [0.25, 0.3) is 0 Å². The monoisotopic (exact) mass is 315 g/mol. The lowest BCUT2D eigenvalue weighted by Gasteiger charge is -2.36. The molecule has 0 aliphatic carbocycles. The van der Waals surface area contributed by atoms with Crippen LogP contribution < -0.4 is 10.1 Å². The van der Waals surface area contributed by atoms with E-state index in [1.54, 1.807) is 7.11 Å². The molecule has 0 saturated heterocycles. The van der Waals surface area contributed by atoms with Crippen LogP contribution >= 0.6 is 12.2 Å². The second-order valence-corrected chi connectivity index (χ2v) is 5.89. The van der Waals surface area contributed by atoms with E-state index in [4.69, 9.17) is 17.0 Å². The molecule has 1 aromatic heterocycles. The Morgan fingerprint density at radius 1 is 1.27 bits per heavy atom. The van der Waals surface area contributed by atoms with Gasteiger partial charge in [-0.05, 0) is 49.0 Å². The predicted octanol–water partition coefficient (Wildman–Crippen LogP) is 2.95. The molecule has 2 heterocycles. The van der Waals surface area contributed by atoms with Crippen LogP contribution in [0.1, 0.15) is 24.2 Å². The standard InChI is InChI=1S/C17H21N3OS/c1-13-16-4-3-9-19(16)10-11-20(13)17(22)18-12-14-5-7-15(21-2)8-6-14/h3-9,13H,10-12H2,1-2H3,(H,18,22)/t13-/m0/s1. The topological polar surface area (TPSA) is 29.4 Å². The number of nitrogens with zero attached hydrogens (tertiary/aromatic N) is 2. The van der Waals surface area contributed by atoms with Gasteiger partial charge < -0.3 is 19.5 Å². The van der Waals surface area contributed by atoms with Crippen LogP contribution in [-0.4, -0.2) is 28.2 Å². The highest BCUT2D eigenvalue weighted by Gasteiger charge is 2.24. The number of hydrogen-bond acceptors (Lipinski definition) is 2. The molecule has 1 aromatic carbocycles. The first-order valence-corrected chi connectivity index (χ1v) is 7.92. The summed E-state index contributed by atoms with van der Waals surface area (Å²) in [4.78, 5) is 2.26. The van der Waals surface area contributed by atoms with Crippen molar-refractivity contribution in [3.8, 4) is 5.75 Å². The summed E-state index contributed by atoms with van der Waals surface area (Å²) in [6.45, 7) is 4.85. The number of ether oxygens (including phenoxy) is 1. The highest BCUT2D eigenvalue weighted by atomic mass is 32.1. The van der Waals surface area contributed by atoms with Crippen molar-refractivity contribution in [3.05, 3.63) is 53.9 Å². The van der Waals surface area contributed by atoms with Crippen molar-refractivity contribution in [2.45, 2.75) is 26.1 Å². The molecule has 22 heavy (non-hydrogen) atoms. The summed E-state index contributed by atoms with van der Waals surface area (Å²) in [5, 5.41) is 4.18. The number of fused-ring (bicyclic) bond motifs is 1. The number of aromatic nitrogens is 1. The van der Waals surface area contributed by atoms with Gasteiger partial charge in [0.05, 0.1) is 13.2 Å². The number of benzene rings is 1. The molecule has 5 heteroatoms. The van der Waals surface area contributed by atoms with E-state index in [-0.39, 0.29) is 0 Å². The highest BCUT2D eigenvalue weighted by molar-refractivity contribution is 7.80. The molecule has 116 valence electrons. The second kappa shape index (κ2) is 6.40. The molecular weight excluding hydrogens is 294 g/mol. The van der Waals surface area contributed by atoms with Crippen LogP contribution in [0.4, 0.5) is 0 Å². The zero-order valence-electron chi connectivity index (χ0n) is 13.0. The average Bonchev–Trinajstić information content (AvgIpc) is 3.03. The fourth-order valence-corrected chi connectivity index (χ4v) is 3.20. The summed E-state index contributed by atoms with van der Waals surface area (Å²) in [7, 11) is 1.68. The van der Waals surface area contributed by atoms with Gasteiger partial charge in [0.25, 0.3) is 0 Å². The van der Waals surface area contributed by atoms with E-state index < -0.39 is 0 Å². The maximum absolute atomic E-state index is 5.58. The number of hydrogen-bond donors (Lipinski definition) is 1. The molecule has 1 N–H and O–H groups in total. The van der Waals surface area contributed by atoms with Crippen molar-refractivity contribution in [2.24, 2.45) is 0 Å². The van der Waals surface area contributed by atoms with Gasteiger partial charge in [-0.1, -0.05) is 12.1 Å². The van der Waals surface area contributed by atoms with Crippen molar-refractivity contribution < 1.29 is 4.74 Å². The third kappa shape index (κ3) is 2.95. The van der Waals surface area contributed by atoms with Gasteiger partial charge in [0.15, 0.2) is 5.11 Å². The molecule has 0 unspecified atom stereocenters. The minimum Gasteiger partial charge on any atom is -0.497 e. The van der Waals surface area contributed by atoms with Crippen LogP contribution in [-0.2, 0) is 13.1 Å². The maximum atomic E-state index is 5.58. The minimum atomic E-state index is 0.305.